The van der Waals surface area contributed by atoms with Gasteiger partial charge >= 0.3 is 0 Å². The van der Waals surface area contributed by atoms with Crippen LogP contribution in [0.25, 0.3) is 0 Å². The van der Waals surface area contributed by atoms with Crippen molar-refractivity contribution in [3.05, 3.63) is 47.3 Å². The van der Waals surface area contributed by atoms with E-state index in [0.717, 1.165) is 13.1 Å². The van der Waals surface area contributed by atoms with Crippen molar-refractivity contribution in [3.63, 3.8) is 0 Å². The molecular formula is C11H14N2. The first kappa shape index (κ1) is 8.17. The fraction of sp³-hybridized carbons (Fsp3) is 0.273. The zero-order valence-electron chi connectivity index (χ0n) is 7.80. The number of rotatable bonds is 1. The molecule has 2 heteroatoms. The molecule has 0 radical (unpaired) electrons. The van der Waals surface area contributed by atoms with Crippen LogP contribution in [0.4, 0.5) is 0 Å². The number of hydrogen-bond donors (Lipinski definition) is 2. The van der Waals surface area contributed by atoms with Gasteiger partial charge in [-0.1, -0.05) is 18.2 Å². The van der Waals surface area contributed by atoms with Crippen molar-refractivity contribution in [1.82, 2.24) is 10.6 Å². The van der Waals surface area contributed by atoms with Crippen LogP contribution >= 0.6 is 0 Å². The Hall–Kier alpha value is -1.44. The lowest BCUT2D eigenvalue weighted by Crippen LogP contribution is -2.25. The van der Waals surface area contributed by atoms with E-state index in [0.29, 0.717) is 0 Å². The van der Waals surface area contributed by atoms with Gasteiger partial charge in [-0.25, -0.2) is 0 Å². The highest BCUT2D eigenvalue weighted by molar-refractivity contribution is 5.40. The van der Waals surface area contributed by atoms with Crippen LogP contribution in [0.1, 0.15) is 6.92 Å². The van der Waals surface area contributed by atoms with E-state index >= 15 is 0 Å². The van der Waals surface area contributed by atoms with Crippen molar-refractivity contribution in [3.8, 4) is 0 Å². The molecule has 2 nitrogen and oxygen atoms in total. The van der Waals surface area contributed by atoms with Gasteiger partial charge in [-0.2, -0.15) is 0 Å². The molecule has 0 unspecified atom stereocenters. The maximum atomic E-state index is 3.34. The molecule has 0 aromatic heterocycles. The summed E-state index contributed by atoms with van der Waals surface area (Å²) in [6, 6.07) is 0. The minimum Gasteiger partial charge on any atom is -0.384 e. The molecule has 2 N–H and O–H groups in total. The van der Waals surface area contributed by atoms with Crippen molar-refractivity contribution in [2.24, 2.45) is 0 Å². The van der Waals surface area contributed by atoms with E-state index in [-0.39, 0.29) is 0 Å². The molecule has 0 aromatic carbocycles. The highest BCUT2D eigenvalue weighted by Gasteiger charge is 2.07. The van der Waals surface area contributed by atoms with E-state index in [2.05, 4.69) is 47.9 Å². The zero-order chi connectivity index (χ0) is 9.10. The second-order valence-electron chi connectivity index (χ2n) is 3.28. The summed E-state index contributed by atoms with van der Waals surface area (Å²) in [6.45, 7) is 3.94. The van der Waals surface area contributed by atoms with Crippen LogP contribution in [-0.2, 0) is 0 Å². The Morgan fingerprint density at radius 3 is 2.69 bits per heavy atom. The lowest BCUT2D eigenvalue weighted by atomic mass is 10.1. The predicted octanol–water partition coefficient (Wildman–Crippen LogP) is 1.46. The lowest BCUT2D eigenvalue weighted by molar-refractivity contribution is 0.814. The Morgan fingerprint density at radius 1 is 1.15 bits per heavy atom. The summed E-state index contributed by atoms with van der Waals surface area (Å²) in [5, 5.41) is 6.66. The van der Waals surface area contributed by atoms with E-state index in [4.69, 9.17) is 0 Å². The third kappa shape index (κ3) is 1.83. The minimum absolute atomic E-state index is 0.926. The van der Waals surface area contributed by atoms with Crippen LogP contribution in [0, 0.1) is 0 Å². The highest BCUT2D eigenvalue weighted by Crippen LogP contribution is 2.12. The van der Waals surface area contributed by atoms with Crippen molar-refractivity contribution < 1.29 is 0 Å². The van der Waals surface area contributed by atoms with Gasteiger partial charge in [0.05, 0.1) is 0 Å². The van der Waals surface area contributed by atoms with Crippen LogP contribution in [0.3, 0.4) is 0 Å². The normalized spacial score (nSPS) is 20.8. The summed E-state index contributed by atoms with van der Waals surface area (Å²) in [7, 11) is 0. The lowest BCUT2D eigenvalue weighted by Gasteiger charge is -2.19. The quantitative estimate of drug-likeness (QED) is 0.629. The van der Waals surface area contributed by atoms with Gasteiger partial charge in [-0.3, -0.25) is 0 Å². The molecular weight excluding hydrogens is 160 g/mol. The van der Waals surface area contributed by atoms with Crippen molar-refractivity contribution in [2.75, 3.05) is 13.1 Å². The summed E-state index contributed by atoms with van der Waals surface area (Å²) in [6.07, 6.45) is 10.6. The molecule has 2 aliphatic rings. The van der Waals surface area contributed by atoms with Gasteiger partial charge in [0, 0.05) is 24.5 Å². The molecule has 0 amide bonds. The summed E-state index contributed by atoms with van der Waals surface area (Å²) in [4.78, 5) is 0. The molecule has 0 spiro atoms. The number of allylic oxidation sites excluding steroid dienone is 5. The van der Waals surface area contributed by atoms with E-state index in [1.165, 1.54) is 17.0 Å². The van der Waals surface area contributed by atoms with Gasteiger partial charge in [-0.05, 0) is 24.6 Å². The molecule has 0 bridgehead atoms. The Balaban J connectivity index is 2.17. The van der Waals surface area contributed by atoms with Crippen LogP contribution in [0.2, 0.25) is 0 Å². The van der Waals surface area contributed by atoms with E-state index < -0.39 is 0 Å². The average molecular weight is 174 g/mol. The molecule has 0 atom stereocenters. The van der Waals surface area contributed by atoms with Gasteiger partial charge in [0.2, 0.25) is 0 Å². The maximum absolute atomic E-state index is 3.34. The molecule has 2 aliphatic heterocycles. The minimum atomic E-state index is 0.926. The van der Waals surface area contributed by atoms with Crippen molar-refractivity contribution in [2.45, 2.75) is 6.92 Å². The first-order valence-electron chi connectivity index (χ1n) is 4.58. The van der Waals surface area contributed by atoms with E-state index in [1.807, 2.05) is 0 Å². The summed E-state index contributed by atoms with van der Waals surface area (Å²) in [5.74, 6) is 0. The molecule has 0 fully saturated rings. The molecule has 0 saturated carbocycles. The average Bonchev–Trinajstić information content (AvgIpc) is 2.20. The third-order valence-corrected chi connectivity index (χ3v) is 2.25. The van der Waals surface area contributed by atoms with Gasteiger partial charge in [-0.15, -0.1) is 0 Å². The van der Waals surface area contributed by atoms with Gasteiger partial charge in [0.25, 0.3) is 0 Å². The van der Waals surface area contributed by atoms with Crippen LogP contribution < -0.4 is 10.6 Å². The fourth-order valence-corrected chi connectivity index (χ4v) is 1.44. The van der Waals surface area contributed by atoms with E-state index in [1.54, 1.807) is 0 Å². The Bertz CT molecular complexity index is 319. The Morgan fingerprint density at radius 2 is 2.08 bits per heavy atom. The molecule has 0 aliphatic carbocycles. The van der Waals surface area contributed by atoms with Crippen molar-refractivity contribution >= 4 is 0 Å². The van der Waals surface area contributed by atoms with Crippen molar-refractivity contribution in [1.29, 1.82) is 0 Å². The maximum Gasteiger partial charge on any atom is 0.0418 e. The SMILES string of the molecule is CC1=CC=C(C2=CC=CCN2)CN1. The second kappa shape index (κ2) is 3.52. The first-order valence-corrected chi connectivity index (χ1v) is 4.58. The number of hydrogen-bond acceptors (Lipinski definition) is 2. The van der Waals surface area contributed by atoms with Crippen LogP contribution in [0.5, 0.6) is 0 Å². The number of dihydropyridines is 2. The molecule has 13 heavy (non-hydrogen) atoms. The van der Waals surface area contributed by atoms with Gasteiger partial charge < -0.3 is 10.6 Å². The van der Waals surface area contributed by atoms with Crippen LogP contribution in [-0.4, -0.2) is 13.1 Å². The molecule has 2 heterocycles. The monoisotopic (exact) mass is 174 g/mol. The topological polar surface area (TPSA) is 24.1 Å². The number of nitrogens with one attached hydrogen (secondary N) is 2. The molecule has 68 valence electrons. The highest BCUT2D eigenvalue weighted by atomic mass is 14.9. The largest absolute Gasteiger partial charge is 0.384 e. The van der Waals surface area contributed by atoms with Crippen LogP contribution in [0.15, 0.2) is 47.3 Å². The Kier molecular flexibility index (Phi) is 2.21. The predicted molar refractivity (Wildman–Crippen MR) is 55.1 cm³/mol. The summed E-state index contributed by atoms with van der Waals surface area (Å²) in [5.41, 5.74) is 3.80. The molecule has 2 rings (SSSR count). The molecule has 0 saturated heterocycles. The third-order valence-electron chi connectivity index (χ3n) is 2.25. The summed E-state index contributed by atoms with van der Waals surface area (Å²) >= 11 is 0. The van der Waals surface area contributed by atoms with Gasteiger partial charge in [0.15, 0.2) is 0 Å². The van der Waals surface area contributed by atoms with Gasteiger partial charge in [0.1, 0.15) is 0 Å². The zero-order valence-corrected chi connectivity index (χ0v) is 7.80. The summed E-state index contributed by atoms with van der Waals surface area (Å²) < 4.78 is 0. The van der Waals surface area contributed by atoms with E-state index in [9.17, 15) is 0 Å². The fourth-order valence-electron chi connectivity index (χ4n) is 1.44. The first-order chi connectivity index (χ1) is 6.36. The smallest absolute Gasteiger partial charge is 0.0418 e. The Labute approximate surface area is 78.7 Å². The second-order valence-corrected chi connectivity index (χ2v) is 3.28. The molecule has 0 aromatic rings. The standard InChI is InChI=1S/C11H14N2/c1-9-5-6-10(8-13-9)11-4-2-3-7-12-11/h2-6,12-13H,7-8H2,1H3.